The van der Waals surface area contributed by atoms with Crippen LogP contribution in [0.4, 0.5) is 5.69 Å². The number of amides is 2. The molecule has 2 fully saturated rings. The quantitative estimate of drug-likeness (QED) is 0.572. The Kier molecular flexibility index (Phi) is 7.75. The van der Waals surface area contributed by atoms with Crippen LogP contribution in [0.25, 0.3) is 0 Å². The van der Waals surface area contributed by atoms with E-state index in [9.17, 15) is 18.0 Å². The van der Waals surface area contributed by atoms with E-state index in [2.05, 4.69) is 10.2 Å². The average Bonchev–Trinajstić information content (AvgIpc) is 3.35. The van der Waals surface area contributed by atoms with Crippen molar-refractivity contribution in [2.24, 2.45) is 0 Å². The van der Waals surface area contributed by atoms with Gasteiger partial charge in [0.15, 0.2) is 0 Å². The van der Waals surface area contributed by atoms with E-state index in [-0.39, 0.29) is 29.0 Å². The fraction of sp³-hybridized carbons (Fsp3) is 0.636. The van der Waals surface area contributed by atoms with Gasteiger partial charge in [0.05, 0.1) is 16.3 Å². The molecule has 10 heteroatoms. The van der Waals surface area contributed by atoms with Gasteiger partial charge in [0.25, 0.3) is 0 Å². The number of rotatable bonds is 8. The first kappa shape index (κ1) is 23.5. The highest BCUT2D eigenvalue weighted by molar-refractivity contribution is 8.00. The Morgan fingerprint density at radius 3 is 2.50 bits per heavy atom. The number of benzene rings is 1. The summed E-state index contributed by atoms with van der Waals surface area (Å²) in [4.78, 5) is 30.0. The van der Waals surface area contributed by atoms with Gasteiger partial charge in [-0.25, -0.2) is 8.42 Å². The van der Waals surface area contributed by atoms with Crippen LogP contribution >= 0.6 is 11.8 Å². The van der Waals surface area contributed by atoms with Crippen LogP contribution in [0.15, 0.2) is 28.0 Å². The van der Waals surface area contributed by atoms with E-state index in [1.165, 1.54) is 40.2 Å². The summed E-state index contributed by atoms with van der Waals surface area (Å²) in [6, 6.07) is 4.91. The molecule has 0 unspecified atom stereocenters. The molecule has 1 aromatic carbocycles. The number of anilines is 1. The number of sulfonamides is 1. The van der Waals surface area contributed by atoms with Crippen molar-refractivity contribution in [2.75, 3.05) is 56.5 Å². The van der Waals surface area contributed by atoms with E-state index in [4.69, 9.17) is 0 Å². The first-order valence-corrected chi connectivity index (χ1v) is 13.9. The number of thioether (sulfide) groups is 1. The summed E-state index contributed by atoms with van der Waals surface area (Å²) < 4.78 is 27.4. The standard InChI is InChI=1S/C22H32N4O4S2/c27-21(23-9-6-12-24-10-2-1-3-11-24)16-26-19-15-18(7-8-20(19)31-17-22(26)28)32(29,30)25-13-4-5-14-25/h7-8,15H,1-6,9-14,16-17H2,(H,23,27). The summed E-state index contributed by atoms with van der Waals surface area (Å²) in [6.07, 6.45) is 6.40. The van der Waals surface area contributed by atoms with Crippen LogP contribution in [0.5, 0.6) is 0 Å². The summed E-state index contributed by atoms with van der Waals surface area (Å²) in [7, 11) is -3.59. The van der Waals surface area contributed by atoms with E-state index < -0.39 is 10.0 Å². The number of nitrogens with one attached hydrogen (secondary N) is 1. The van der Waals surface area contributed by atoms with Crippen molar-refractivity contribution in [3.8, 4) is 0 Å². The van der Waals surface area contributed by atoms with Gasteiger partial charge >= 0.3 is 0 Å². The summed E-state index contributed by atoms with van der Waals surface area (Å²) in [6.45, 7) is 4.76. The molecule has 1 aromatic rings. The minimum atomic E-state index is -3.59. The van der Waals surface area contributed by atoms with E-state index in [1.807, 2.05) is 0 Å². The van der Waals surface area contributed by atoms with Gasteiger partial charge in [-0.15, -0.1) is 11.8 Å². The van der Waals surface area contributed by atoms with Crippen molar-refractivity contribution in [1.82, 2.24) is 14.5 Å². The van der Waals surface area contributed by atoms with Crippen LogP contribution in [-0.4, -0.2) is 81.0 Å². The first-order valence-electron chi connectivity index (χ1n) is 11.5. The minimum absolute atomic E-state index is 0.0939. The highest BCUT2D eigenvalue weighted by atomic mass is 32.2. The Bertz CT molecular complexity index is 941. The Hall–Kier alpha value is -1.62. The molecule has 0 saturated carbocycles. The van der Waals surface area contributed by atoms with Crippen molar-refractivity contribution in [1.29, 1.82) is 0 Å². The summed E-state index contributed by atoms with van der Waals surface area (Å²) in [5.74, 6) is -0.155. The number of likely N-dealkylation sites (tertiary alicyclic amines) is 1. The van der Waals surface area contributed by atoms with E-state index >= 15 is 0 Å². The number of nitrogens with zero attached hydrogens (tertiary/aromatic N) is 3. The molecule has 32 heavy (non-hydrogen) atoms. The Labute approximate surface area is 194 Å². The normalized spacial score (nSPS) is 20.4. The highest BCUT2D eigenvalue weighted by Crippen LogP contribution is 2.37. The largest absolute Gasteiger partial charge is 0.355 e. The smallest absolute Gasteiger partial charge is 0.243 e. The fourth-order valence-corrected chi connectivity index (χ4v) is 6.96. The molecule has 0 aromatic heterocycles. The van der Waals surface area contributed by atoms with Crippen LogP contribution in [-0.2, 0) is 19.6 Å². The van der Waals surface area contributed by atoms with Gasteiger partial charge in [-0.05, 0) is 69.9 Å². The van der Waals surface area contributed by atoms with Gasteiger partial charge in [-0.3, -0.25) is 9.59 Å². The summed E-state index contributed by atoms with van der Waals surface area (Å²) >= 11 is 1.38. The second-order valence-electron chi connectivity index (χ2n) is 8.62. The molecule has 2 amide bonds. The Morgan fingerprint density at radius 1 is 1.03 bits per heavy atom. The molecule has 0 bridgehead atoms. The molecule has 0 spiro atoms. The molecule has 176 valence electrons. The number of hydrogen-bond donors (Lipinski definition) is 1. The fourth-order valence-electron chi connectivity index (χ4n) is 4.51. The van der Waals surface area contributed by atoms with E-state index in [0.29, 0.717) is 25.3 Å². The van der Waals surface area contributed by atoms with Gasteiger partial charge in [0, 0.05) is 24.5 Å². The van der Waals surface area contributed by atoms with E-state index in [1.54, 1.807) is 18.2 Å². The van der Waals surface area contributed by atoms with Crippen LogP contribution in [0.2, 0.25) is 0 Å². The monoisotopic (exact) mass is 480 g/mol. The summed E-state index contributed by atoms with van der Waals surface area (Å²) in [5, 5.41) is 2.92. The maximum atomic E-state index is 13.0. The van der Waals surface area contributed by atoms with Crippen molar-refractivity contribution in [2.45, 2.75) is 48.3 Å². The summed E-state index contributed by atoms with van der Waals surface area (Å²) in [5.41, 5.74) is 0.509. The molecular formula is C22H32N4O4S2. The zero-order chi connectivity index (χ0) is 22.6. The molecule has 4 rings (SSSR count). The van der Waals surface area contributed by atoms with Gasteiger partial charge in [-0.2, -0.15) is 4.31 Å². The number of carbonyl (C=O) groups is 2. The first-order chi connectivity index (χ1) is 15.4. The lowest BCUT2D eigenvalue weighted by molar-refractivity contribution is -0.123. The molecule has 0 aliphatic carbocycles. The molecule has 3 heterocycles. The third kappa shape index (κ3) is 5.47. The van der Waals surface area contributed by atoms with Crippen LogP contribution in [0.3, 0.4) is 0 Å². The van der Waals surface area contributed by atoms with Crippen molar-refractivity contribution in [3.63, 3.8) is 0 Å². The second kappa shape index (κ2) is 10.5. The van der Waals surface area contributed by atoms with Crippen molar-refractivity contribution < 1.29 is 18.0 Å². The lowest BCUT2D eigenvalue weighted by atomic mass is 10.1. The third-order valence-electron chi connectivity index (χ3n) is 6.30. The predicted molar refractivity (Wildman–Crippen MR) is 125 cm³/mol. The maximum Gasteiger partial charge on any atom is 0.243 e. The number of carbonyl (C=O) groups excluding carboxylic acids is 2. The molecule has 0 atom stereocenters. The number of hydrogen-bond acceptors (Lipinski definition) is 6. The van der Waals surface area contributed by atoms with Gasteiger partial charge < -0.3 is 15.1 Å². The zero-order valence-electron chi connectivity index (χ0n) is 18.4. The minimum Gasteiger partial charge on any atom is -0.355 e. The molecular weight excluding hydrogens is 448 g/mol. The molecule has 8 nitrogen and oxygen atoms in total. The molecule has 3 aliphatic heterocycles. The highest BCUT2D eigenvalue weighted by Gasteiger charge is 2.31. The lowest BCUT2D eigenvalue weighted by Gasteiger charge is -2.29. The van der Waals surface area contributed by atoms with Crippen LogP contribution in [0, 0.1) is 0 Å². The topological polar surface area (TPSA) is 90.0 Å². The third-order valence-corrected chi connectivity index (χ3v) is 9.24. The predicted octanol–water partition coefficient (Wildman–Crippen LogP) is 1.90. The molecule has 0 radical (unpaired) electrons. The molecule has 3 aliphatic rings. The van der Waals surface area contributed by atoms with E-state index in [0.717, 1.165) is 43.8 Å². The average molecular weight is 481 g/mol. The molecule has 2 saturated heterocycles. The Morgan fingerprint density at radius 2 is 1.75 bits per heavy atom. The van der Waals surface area contributed by atoms with Crippen molar-refractivity contribution in [3.05, 3.63) is 18.2 Å². The van der Waals surface area contributed by atoms with Crippen molar-refractivity contribution >= 4 is 39.3 Å². The Balaban J connectivity index is 1.38. The van der Waals surface area contributed by atoms with Crippen LogP contribution < -0.4 is 10.2 Å². The number of fused-ring (bicyclic) bond motifs is 1. The number of piperidine rings is 1. The zero-order valence-corrected chi connectivity index (χ0v) is 20.1. The lowest BCUT2D eigenvalue weighted by Crippen LogP contribution is -2.44. The second-order valence-corrected chi connectivity index (χ2v) is 11.6. The van der Waals surface area contributed by atoms with Gasteiger partial charge in [-0.1, -0.05) is 6.42 Å². The maximum absolute atomic E-state index is 13.0. The SMILES string of the molecule is O=C(CN1C(=O)CSc2ccc(S(=O)(=O)N3CCCC3)cc21)NCCCN1CCCCC1. The molecule has 1 N–H and O–H groups in total. The van der Waals surface area contributed by atoms with Gasteiger partial charge in [0.1, 0.15) is 6.54 Å². The van der Waals surface area contributed by atoms with Crippen LogP contribution in [0.1, 0.15) is 38.5 Å². The van der Waals surface area contributed by atoms with Gasteiger partial charge in [0.2, 0.25) is 21.8 Å².